The first-order chi connectivity index (χ1) is 10.2. The van der Waals surface area contributed by atoms with Gasteiger partial charge in [-0.2, -0.15) is 0 Å². The number of aromatic nitrogens is 2. The Bertz CT molecular complexity index is 755. The third kappa shape index (κ3) is 3.29. The quantitative estimate of drug-likeness (QED) is 0.797. The lowest BCUT2D eigenvalue weighted by Crippen LogP contribution is -2.13. The van der Waals surface area contributed by atoms with Gasteiger partial charge >= 0.3 is 6.01 Å². The first-order valence-electron chi connectivity index (χ1n) is 6.13. The summed E-state index contributed by atoms with van der Waals surface area (Å²) in [6.45, 7) is 0. The number of amides is 1. The summed E-state index contributed by atoms with van der Waals surface area (Å²) in [7, 11) is 0. The number of hydrogen-bond donors (Lipinski definition) is 1. The van der Waals surface area contributed by atoms with Gasteiger partial charge in [0.25, 0.3) is 5.89 Å². The minimum atomic E-state index is -0.202. The highest BCUT2D eigenvalue weighted by Crippen LogP contribution is 2.27. The second kappa shape index (κ2) is 6.07. The second-order valence-corrected chi connectivity index (χ2v) is 5.64. The van der Waals surface area contributed by atoms with Gasteiger partial charge in [0.05, 0.1) is 17.0 Å². The molecule has 2 aromatic heterocycles. The highest BCUT2D eigenvalue weighted by molar-refractivity contribution is 7.10. The van der Waals surface area contributed by atoms with Crippen molar-refractivity contribution in [3.05, 3.63) is 51.7 Å². The summed E-state index contributed by atoms with van der Waals surface area (Å²) < 4.78 is 5.41. The molecule has 0 spiro atoms. The van der Waals surface area contributed by atoms with Crippen LogP contribution in [0.25, 0.3) is 11.5 Å². The number of benzene rings is 1. The number of carbonyl (C=O) groups is 1. The molecule has 0 aliphatic rings. The molecule has 7 heteroatoms. The first kappa shape index (κ1) is 13.8. The predicted molar refractivity (Wildman–Crippen MR) is 81.4 cm³/mol. The standard InChI is InChI=1S/C14H10ClN3O2S/c15-11-6-2-1-5-10(11)13-17-18-14(20-13)16-12(19)8-9-4-3-7-21-9/h1-7H,8H2,(H,16,18,19). The molecule has 1 aromatic carbocycles. The van der Waals surface area contributed by atoms with Crippen LogP contribution in [0.3, 0.4) is 0 Å². The Balaban J connectivity index is 1.71. The molecule has 3 aromatic rings. The number of nitrogens with one attached hydrogen (secondary N) is 1. The lowest BCUT2D eigenvalue weighted by Gasteiger charge is -1.99. The second-order valence-electron chi connectivity index (χ2n) is 4.20. The summed E-state index contributed by atoms with van der Waals surface area (Å²) in [4.78, 5) is 12.8. The number of nitrogens with zero attached hydrogens (tertiary/aromatic N) is 2. The molecule has 1 amide bonds. The number of carbonyl (C=O) groups excluding carboxylic acids is 1. The van der Waals surface area contributed by atoms with E-state index >= 15 is 0 Å². The fourth-order valence-corrected chi connectivity index (χ4v) is 2.67. The molecule has 0 aliphatic carbocycles. The molecule has 0 atom stereocenters. The van der Waals surface area contributed by atoms with E-state index < -0.39 is 0 Å². The van der Waals surface area contributed by atoms with E-state index in [4.69, 9.17) is 16.0 Å². The molecule has 0 bridgehead atoms. The van der Waals surface area contributed by atoms with Gasteiger partial charge in [0, 0.05) is 4.88 Å². The van der Waals surface area contributed by atoms with Crippen LogP contribution in [-0.2, 0) is 11.2 Å². The summed E-state index contributed by atoms with van der Waals surface area (Å²) in [5, 5.41) is 12.7. The fourth-order valence-electron chi connectivity index (χ4n) is 1.75. The molecule has 1 N–H and O–H groups in total. The van der Waals surface area contributed by atoms with Gasteiger partial charge in [-0.1, -0.05) is 34.9 Å². The van der Waals surface area contributed by atoms with E-state index in [0.717, 1.165) is 4.88 Å². The Hall–Kier alpha value is -2.18. The summed E-state index contributed by atoms with van der Waals surface area (Å²) >= 11 is 7.58. The molecule has 0 saturated heterocycles. The maximum atomic E-state index is 11.8. The van der Waals surface area contributed by atoms with Gasteiger partial charge in [-0.05, 0) is 23.6 Å². The van der Waals surface area contributed by atoms with E-state index in [2.05, 4.69) is 15.5 Å². The van der Waals surface area contributed by atoms with Crippen molar-refractivity contribution in [3.63, 3.8) is 0 Å². The van der Waals surface area contributed by atoms with Gasteiger partial charge in [0.15, 0.2) is 0 Å². The molecule has 0 radical (unpaired) electrons. The van der Waals surface area contributed by atoms with Gasteiger partial charge in [-0.25, -0.2) is 0 Å². The molecule has 21 heavy (non-hydrogen) atoms. The number of thiophene rings is 1. The number of rotatable bonds is 4. The maximum absolute atomic E-state index is 11.8. The van der Waals surface area contributed by atoms with Crippen LogP contribution in [0.5, 0.6) is 0 Å². The Labute approximate surface area is 129 Å². The average Bonchev–Trinajstić information content (AvgIpc) is 3.11. The third-order valence-electron chi connectivity index (χ3n) is 2.69. The Morgan fingerprint density at radius 2 is 2.10 bits per heavy atom. The van der Waals surface area contributed by atoms with Gasteiger partial charge in [-0.3, -0.25) is 10.1 Å². The molecular weight excluding hydrogens is 310 g/mol. The molecular formula is C14H10ClN3O2S. The summed E-state index contributed by atoms with van der Waals surface area (Å²) in [5.74, 6) is 0.0684. The van der Waals surface area contributed by atoms with Crippen LogP contribution < -0.4 is 5.32 Å². The third-order valence-corrected chi connectivity index (χ3v) is 3.90. The van der Waals surface area contributed by atoms with E-state index in [1.54, 1.807) is 12.1 Å². The monoisotopic (exact) mass is 319 g/mol. The van der Waals surface area contributed by atoms with E-state index in [-0.39, 0.29) is 24.2 Å². The van der Waals surface area contributed by atoms with Crippen LogP contribution in [0, 0.1) is 0 Å². The largest absolute Gasteiger partial charge is 0.403 e. The Morgan fingerprint density at radius 1 is 1.24 bits per heavy atom. The number of hydrogen-bond acceptors (Lipinski definition) is 5. The van der Waals surface area contributed by atoms with Crippen molar-refractivity contribution in [3.8, 4) is 11.5 Å². The van der Waals surface area contributed by atoms with Crippen molar-refractivity contribution < 1.29 is 9.21 Å². The smallest absolute Gasteiger partial charge is 0.322 e. The molecule has 0 fully saturated rings. The predicted octanol–water partition coefficient (Wildman–Crippen LogP) is 3.63. The maximum Gasteiger partial charge on any atom is 0.322 e. The normalized spacial score (nSPS) is 10.5. The van der Waals surface area contributed by atoms with E-state index in [1.165, 1.54) is 11.3 Å². The Morgan fingerprint density at radius 3 is 2.86 bits per heavy atom. The zero-order valence-electron chi connectivity index (χ0n) is 10.7. The Kier molecular flexibility index (Phi) is 3.98. The van der Waals surface area contributed by atoms with Gasteiger partial charge in [0.1, 0.15) is 0 Å². The van der Waals surface area contributed by atoms with Gasteiger partial charge < -0.3 is 4.42 Å². The van der Waals surface area contributed by atoms with Crippen LogP contribution in [0.1, 0.15) is 4.88 Å². The molecule has 0 unspecified atom stereocenters. The SMILES string of the molecule is O=C(Cc1cccs1)Nc1nnc(-c2ccccc2Cl)o1. The van der Waals surface area contributed by atoms with Crippen molar-refractivity contribution in [2.45, 2.75) is 6.42 Å². The van der Waals surface area contributed by atoms with Crippen molar-refractivity contribution in [2.24, 2.45) is 0 Å². The highest BCUT2D eigenvalue weighted by Gasteiger charge is 2.13. The van der Waals surface area contributed by atoms with Crippen LogP contribution in [0.2, 0.25) is 5.02 Å². The van der Waals surface area contributed by atoms with E-state index in [0.29, 0.717) is 10.6 Å². The van der Waals surface area contributed by atoms with E-state index in [1.807, 2.05) is 29.6 Å². The van der Waals surface area contributed by atoms with Crippen LogP contribution >= 0.6 is 22.9 Å². The highest BCUT2D eigenvalue weighted by atomic mass is 35.5. The van der Waals surface area contributed by atoms with Crippen LogP contribution in [0.15, 0.2) is 46.2 Å². The van der Waals surface area contributed by atoms with Gasteiger partial charge in [-0.15, -0.1) is 16.4 Å². The minimum Gasteiger partial charge on any atom is -0.403 e. The average molecular weight is 320 g/mol. The zero-order valence-corrected chi connectivity index (χ0v) is 12.3. The molecule has 2 heterocycles. The number of halogens is 1. The first-order valence-corrected chi connectivity index (χ1v) is 7.39. The van der Waals surface area contributed by atoms with E-state index in [9.17, 15) is 4.79 Å². The van der Waals surface area contributed by atoms with Gasteiger partial charge in [0.2, 0.25) is 5.91 Å². The summed E-state index contributed by atoms with van der Waals surface area (Å²) in [5.41, 5.74) is 0.630. The fraction of sp³-hybridized carbons (Fsp3) is 0.0714. The topological polar surface area (TPSA) is 68.0 Å². The summed E-state index contributed by atoms with van der Waals surface area (Å²) in [6, 6.07) is 11.0. The number of anilines is 1. The molecule has 5 nitrogen and oxygen atoms in total. The van der Waals surface area contributed by atoms with Crippen molar-refractivity contribution in [1.82, 2.24) is 10.2 Å². The zero-order chi connectivity index (χ0) is 14.7. The lowest BCUT2D eigenvalue weighted by molar-refractivity contribution is -0.115. The lowest BCUT2D eigenvalue weighted by atomic mass is 10.2. The van der Waals surface area contributed by atoms with Crippen molar-refractivity contribution in [2.75, 3.05) is 5.32 Å². The van der Waals surface area contributed by atoms with Crippen LogP contribution in [0.4, 0.5) is 6.01 Å². The van der Waals surface area contributed by atoms with Crippen molar-refractivity contribution in [1.29, 1.82) is 0 Å². The van der Waals surface area contributed by atoms with Crippen LogP contribution in [-0.4, -0.2) is 16.1 Å². The molecule has 3 rings (SSSR count). The van der Waals surface area contributed by atoms with Crippen molar-refractivity contribution >= 4 is 34.9 Å². The molecule has 106 valence electrons. The summed E-state index contributed by atoms with van der Waals surface area (Å²) in [6.07, 6.45) is 0.279. The molecule has 0 aliphatic heterocycles. The molecule has 0 saturated carbocycles. The minimum absolute atomic E-state index is 0.0616.